The topological polar surface area (TPSA) is 75.7 Å². The smallest absolute Gasteiger partial charge is 0.271 e. The Kier molecular flexibility index (Phi) is 6.35. The summed E-state index contributed by atoms with van der Waals surface area (Å²) in [5.74, 6) is -0.0952. The summed E-state index contributed by atoms with van der Waals surface area (Å²) in [7, 11) is 0. The van der Waals surface area contributed by atoms with Gasteiger partial charge < -0.3 is 14.9 Å². The van der Waals surface area contributed by atoms with Crippen molar-refractivity contribution in [2.45, 2.75) is 20.0 Å². The van der Waals surface area contributed by atoms with Crippen molar-refractivity contribution in [3.05, 3.63) is 18.0 Å². The highest BCUT2D eigenvalue weighted by Crippen LogP contribution is 2.08. The Labute approximate surface area is 131 Å². The number of likely N-dealkylation sites (N-methyl/N-ethyl adjacent to an activating group) is 1. The number of nitrogens with one attached hydrogen (secondary N) is 1. The predicted molar refractivity (Wildman–Crippen MR) is 84.7 cm³/mol. The van der Waals surface area contributed by atoms with Gasteiger partial charge in [-0.2, -0.15) is 5.10 Å². The fourth-order valence-corrected chi connectivity index (χ4v) is 2.81. The maximum absolute atomic E-state index is 12.3. The second-order valence-electron chi connectivity index (χ2n) is 5.70. The Balaban J connectivity index is 1.88. The number of H-pyrrole nitrogens is 1. The van der Waals surface area contributed by atoms with Gasteiger partial charge in [0.1, 0.15) is 5.69 Å². The molecule has 1 amide bonds. The van der Waals surface area contributed by atoms with Crippen molar-refractivity contribution in [3.63, 3.8) is 0 Å². The van der Waals surface area contributed by atoms with Crippen LogP contribution < -0.4 is 0 Å². The molecule has 0 bridgehead atoms. The third kappa shape index (κ3) is 4.53. The van der Waals surface area contributed by atoms with Crippen molar-refractivity contribution in [1.82, 2.24) is 24.9 Å². The van der Waals surface area contributed by atoms with Crippen LogP contribution in [-0.2, 0) is 0 Å². The molecular weight excluding hydrogens is 282 g/mol. The van der Waals surface area contributed by atoms with Crippen LogP contribution >= 0.6 is 0 Å². The first-order valence-electron chi connectivity index (χ1n) is 8.05. The standard InChI is InChI=1S/C15H27N5O2/c1-3-18(4-2)7-8-19-9-10-20(12-13(21)11-19)15(22)14-5-6-16-17-14/h5-6,13,21H,3-4,7-12H2,1-2H3,(H,16,17). The Morgan fingerprint density at radius 3 is 2.82 bits per heavy atom. The summed E-state index contributed by atoms with van der Waals surface area (Å²) < 4.78 is 0. The first-order valence-corrected chi connectivity index (χ1v) is 8.05. The summed E-state index contributed by atoms with van der Waals surface area (Å²) in [5, 5.41) is 16.7. The SMILES string of the molecule is CCN(CC)CCN1CCN(C(=O)c2ccn[nH]2)CC(O)C1. The van der Waals surface area contributed by atoms with E-state index >= 15 is 0 Å². The molecule has 7 nitrogen and oxygen atoms in total. The molecule has 22 heavy (non-hydrogen) atoms. The van der Waals surface area contributed by atoms with E-state index in [1.54, 1.807) is 17.2 Å². The van der Waals surface area contributed by atoms with Crippen molar-refractivity contribution in [2.24, 2.45) is 0 Å². The predicted octanol–water partition coefficient (Wildman–Crippen LogP) is -0.130. The Hall–Kier alpha value is -1.44. The summed E-state index contributed by atoms with van der Waals surface area (Å²) in [4.78, 5) is 18.7. The van der Waals surface area contributed by atoms with Gasteiger partial charge in [-0.15, -0.1) is 0 Å². The lowest BCUT2D eigenvalue weighted by molar-refractivity contribution is 0.0657. The molecule has 2 N–H and O–H groups in total. The first-order chi connectivity index (χ1) is 10.6. The van der Waals surface area contributed by atoms with E-state index in [1.807, 2.05) is 0 Å². The van der Waals surface area contributed by atoms with E-state index in [0.717, 1.165) is 32.7 Å². The zero-order valence-corrected chi connectivity index (χ0v) is 13.5. The van der Waals surface area contributed by atoms with E-state index in [9.17, 15) is 9.90 Å². The number of aromatic nitrogens is 2. The number of nitrogens with zero attached hydrogens (tertiary/aromatic N) is 4. The second-order valence-corrected chi connectivity index (χ2v) is 5.70. The number of amides is 1. The second kappa shape index (κ2) is 8.26. The third-order valence-corrected chi connectivity index (χ3v) is 4.23. The molecule has 1 aromatic heterocycles. The van der Waals surface area contributed by atoms with Crippen LogP contribution in [0.5, 0.6) is 0 Å². The molecule has 0 saturated carbocycles. The molecule has 2 rings (SSSR count). The van der Waals surface area contributed by atoms with Crippen molar-refractivity contribution >= 4 is 5.91 Å². The Morgan fingerprint density at radius 2 is 2.18 bits per heavy atom. The first kappa shape index (κ1) is 16.9. The van der Waals surface area contributed by atoms with Crippen molar-refractivity contribution in [3.8, 4) is 0 Å². The van der Waals surface area contributed by atoms with Crippen LogP contribution in [-0.4, -0.2) is 94.4 Å². The highest BCUT2D eigenvalue weighted by atomic mass is 16.3. The van der Waals surface area contributed by atoms with Gasteiger partial charge in [-0.1, -0.05) is 13.8 Å². The van der Waals surface area contributed by atoms with Crippen LogP contribution in [0.25, 0.3) is 0 Å². The van der Waals surface area contributed by atoms with Crippen LogP contribution in [0.4, 0.5) is 0 Å². The third-order valence-electron chi connectivity index (χ3n) is 4.23. The molecule has 0 spiro atoms. The Morgan fingerprint density at radius 1 is 1.41 bits per heavy atom. The lowest BCUT2D eigenvalue weighted by Crippen LogP contribution is -2.39. The molecule has 0 aromatic carbocycles. The minimum Gasteiger partial charge on any atom is -0.390 e. The number of β-amino-alcohol motifs (C(OH)–C–C–N with tert-alkyl or cyclic N) is 1. The van der Waals surface area contributed by atoms with E-state index < -0.39 is 6.10 Å². The minimum absolute atomic E-state index is 0.0952. The molecule has 1 aliphatic rings. The number of carbonyl (C=O) groups excluding carboxylic acids is 1. The average molecular weight is 309 g/mol. The molecule has 1 saturated heterocycles. The van der Waals surface area contributed by atoms with Gasteiger partial charge in [0.05, 0.1) is 6.10 Å². The van der Waals surface area contributed by atoms with Crippen LogP contribution in [0.3, 0.4) is 0 Å². The van der Waals surface area contributed by atoms with Gasteiger partial charge in [0, 0.05) is 45.5 Å². The molecule has 1 fully saturated rings. The zero-order valence-electron chi connectivity index (χ0n) is 13.5. The van der Waals surface area contributed by atoms with Crippen LogP contribution in [0.2, 0.25) is 0 Å². The van der Waals surface area contributed by atoms with E-state index in [-0.39, 0.29) is 5.91 Å². The van der Waals surface area contributed by atoms with Gasteiger partial charge in [-0.25, -0.2) is 0 Å². The number of rotatable bonds is 6. The summed E-state index contributed by atoms with van der Waals surface area (Å²) in [6.45, 7) is 10.7. The number of aromatic amines is 1. The number of hydrogen-bond acceptors (Lipinski definition) is 5. The maximum atomic E-state index is 12.3. The van der Waals surface area contributed by atoms with Gasteiger partial charge in [0.25, 0.3) is 5.91 Å². The van der Waals surface area contributed by atoms with Gasteiger partial charge >= 0.3 is 0 Å². The monoisotopic (exact) mass is 309 g/mol. The fourth-order valence-electron chi connectivity index (χ4n) is 2.81. The molecule has 2 heterocycles. The van der Waals surface area contributed by atoms with E-state index in [2.05, 4.69) is 33.8 Å². The number of aliphatic hydroxyl groups excluding tert-OH is 1. The number of aliphatic hydroxyl groups is 1. The largest absolute Gasteiger partial charge is 0.390 e. The van der Waals surface area contributed by atoms with Gasteiger partial charge in [0.2, 0.25) is 0 Å². The number of hydrogen-bond donors (Lipinski definition) is 2. The van der Waals surface area contributed by atoms with Crippen molar-refractivity contribution < 1.29 is 9.90 Å². The fraction of sp³-hybridized carbons (Fsp3) is 0.733. The highest BCUT2D eigenvalue weighted by Gasteiger charge is 2.25. The summed E-state index contributed by atoms with van der Waals surface area (Å²) in [5.41, 5.74) is 0.476. The van der Waals surface area contributed by atoms with Crippen molar-refractivity contribution in [2.75, 3.05) is 52.4 Å². The van der Waals surface area contributed by atoms with Gasteiger partial charge in [-0.3, -0.25) is 14.8 Å². The molecule has 0 radical (unpaired) electrons. The van der Waals surface area contributed by atoms with Crippen LogP contribution in [0.1, 0.15) is 24.3 Å². The molecule has 1 aliphatic heterocycles. The van der Waals surface area contributed by atoms with Gasteiger partial charge in [-0.05, 0) is 19.2 Å². The zero-order chi connectivity index (χ0) is 15.9. The normalized spacial score (nSPS) is 20.4. The lowest BCUT2D eigenvalue weighted by atomic mass is 10.3. The highest BCUT2D eigenvalue weighted by molar-refractivity contribution is 5.92. The lowest BCUT2D eigenvalue weighted by Gasteiger charge is -2.25. The molecule has 7 heteroatoms. The maximum Gasteiger partial charge on any atom is 0.271 e. The minimum atomic E-state index is -0.508. The van der Waals surface area contributed by atoms with E-state index in [0.29, 0.717) is 25.3 Å². The summed E-state index contributed by atoms with van der Waals surface area (Å²) in [6, 6.07) is 1.66. The molecule has 124 valence electrons. The van der Waals surface area contributed by atoms with Gasteiger partial charge in [0.15, 0.2) is 0 Å². The Bertz CT molecular complexity index is 447. The number of carbonyl (C=O) groups is 1. The summed E-state index contributed by atoms with van der Waals surface area (Å²) >= 11 is 0. The van der Waals surface area contributed by atoms with Crippen LogP contribution in [0, 0.1) is 0 Å². The molecule has 1 aromatic rings. The molecule has 1 unspecified atom stereocenters. The summed E-state index contributed by atoms with van der Waals surface area (Å²) in [6.07, 6.45) is 1.06. The van der Waals surface area contributed by atoms with E-state index in [1.165, 1.54) is 0 Å². The quantitative estimate of drug-likeness (QED) is 0.766. The molecule has 0 aliphatic carbocycles. The van der Waals surface area contributed by atoms with Crippen molar-refractivity contribution in [1.29, 1.82) is 0 Å². The molecular formula is C15H27N5O2. The van der Waals surface area contributed by atoms with Crippen LogP contribution in [0.15, 0.2) is 12.3 Å². The van der Waals surface area contributed by atoms with E-state index in [4.69, 9.17) is 0 Å². The molecule has 1 atom stereocenters. The average Bonchev–Trinajstić information content (AvgIpc) is 2.98.